The van der Waals surface area contributed by atoms with Crippen molar-refractivity contribution >= 4 is 11.7 Å². The van der Waals surface area contributed by atoms with Crippen LogP contribution >= 0.6 is 0 Å². The number of nitrogens with one attached hydrogen (secondary N) is 1. The number of piperazine rings is 1. The molecule has 6 nitrogen and oxygen atoms in total. The number of nitrogens with two attached hydrogens (primary N) is 1. The predicted octanol–water partition coefficient (Wildman–Crippen LogP) is -1.13. The first-order valence-corrected chi connectivity index (χ1v) is 4.83. The molecule has 1 aromatic heterocycles. The average Bonchev–Trinajstić information content (AvgIpc) is 2.29. The highest BCUT2D eigenvalue weighted by Crippen LogP contribution is 2.14. The van der Waals surface area contributed by atoms with E-state index in [9.17, 15) is 4.79 Å². The van der Waals surface area contributed by atoms with Gasteiger partial charge in [-0.15, -0.1) is 0 Å². The number of anilines is 1. The largest absolute Gasteiger partial charge is 0.353 e. The van der Waals surface area contributed by atoms with Crippen LogP contribution in [0.5, 0.6) is 0 Å². The Kier molecular flexibility index (Phi) is 2.77. The lowest BCUT2D eigenvalue weighted by Crippen LogP contribution is -2.48. The Labute approximate surface area is 87.5 Å². The Morgan fingerprint density at radius 3 is 3.00 bits per heavy atom. The lowest BCUT2D eigenvalue weighted by Gasteiger charge is -2.28. The molecule has 0 saturated carbocycles. The lowest BCUT2D eigenvalue weighted by atomic mass is 10.3. The molecular weight excluding hydrogens is 194 g/mol. The third-order valence-corrected chi connectivity index (χ3v) is 2.28. The second kappa shape index (κ2) is 4.22. The monoisotopic (exact) mass is 207 g/mol. The molecule has 0 bridgehead atoms. The Morgan fingerprint density at radius 1 is 1.47 bits per heavy atom. The molecule has 0 aromatic carbocycles. The van der Waals surface area contributed by atoms with Crippen LogP contribution < -0.4 is 16.0 Å². The van der Waals surface area contributed by atoms with Gasteiger partial charge in [-0.2, -0.15) is 0 Å². The van der Waals surface area contributed by atoms with Crippen LogP contribution in [0.4, 0.5) is 5.82 Å². The number of nitrogens with zero attached hydrogens (tertiary/aromatic N) is 3. The molecule has 15 heavy (non-hydrogen) atoms. The third-order valence-electron chi connectivity index (χ3n) is 2.28. The van der Waals surface area contributed by atoms with Crippen LogP contribution in [0.25, 0.3) is 0 Å². The first kappa shape index (κ1) is 9.85. The highest BCUT2D eigenvalue weighted by Gasteiger charge is 2.19. The van der Waals surface area contributed by atoms with E-state index in [2.05, 4.69) is 15.3 Å². The van der Waals surface area contributed by atoms with E-state index in [1.54, 1.807) is 12.4 Å². The van der Waals surface area contributed by atoms with Crippen molar-refractivity contribution in [1.82, 2.24) is 15.3 Å². The summed E-state index contributed by atoms with van der Waals surface area (Å²) in [6.07, 6.45) is 3.22. The van der Waals surface area contributed by atoms with Crippen molar-refractivity contribution in [3.05, 3.63) is 18.1 Å². The van der Waals surface area contributed by atoms with Crippen LogP contribution in [0.15, 0.2) is 12.4 Å². The molecule has 80 valence electrons. The number of hydrogen-bond donors (Lipinski definition) is 2. The minimum atomic E-state index is 0.00914. The highest BCUT2D eigenvalue weighted by molar-refractivity contribution is 5.82. The average molecular weight is 207 g/mol. The van der Waals surface area contributed by atoms with E-state index >= 15 is 0 Å². The molecule has 6 heteroatoms. The summed E-state index contributed by atoms with van der Waals surface area (Å²) in [5.41, 5.74) is 6.29. The summed E-state index contributed by atoms with van der Waals surface area (Å²) in [6, 6.07) is 0. The van der Waals surface area contributed by atoms with Crippen LogP contribution in [-0.4, -0.2) is 35.5 Å². The first-order chi connectivity index (χ1) is 7.31. The molecule has 3 N–H and O–H groups in total. The standard InChI is InChI=1S/C9H13N5O/c10-5-7-9(13-2-1-11-7)14-4-3-12-8(15)6-14/h1-2H,3-6,10H2,(H,12,15). The van der Waals surface area contributed by atoms with E-state index in [1.165, 1.54) is 0 Å². The highest BCUT2D eigenvalue weighted by atomic mass is 16.2. The Morgan fingerprint density at radius 2 is 2.27 bits per heavy atom. The number of hydrogen-bond acceptors (Lipinski definition) is 5. The van der Waals surface area contributed by atoms with Gasteiger partial charge in [0, 0.05) is 32.0 Å². The number of carbonyl (C=O) groups excluding carboxylic acids is 1. The van der Waals surface area contributed by atoms with Crippen molar-refractivity contribution in [2.45, 2.75) is 6.54 Å². The molecule has 2 rings (SSSR count). The van der Waals surface area contributed by atoms with Crippen LogP contribution in [0.2, 0.25) is 0 Å². The zero-order valence-corrected chi connectivity index (χ0v) is 8.31. The van der Waals surface area contributed by atoms with Gasteiger partial charge in [-0.05, 0) is 0 Å². The van der Waals surface area contributed by atoms with E-state index in [1.807, 2.05) is 4.90 Å². The Bertz CT molecular complexity index is 367. The Balaban J connectivity index is 2.24. The summed E-state index contributed by atoms with van der Waals surface area (Å²) in [4.78, 5) is 21.5. The topological polar surface area (TPSA) is 84.1 Å². The van der Waals surface area contributed by atoms with Crippen molar-refractivity contribution in [3.63, 3.8) is 0 Å². The van der Waals surface area contributed by atoms with Gasteiger partial charge < -0.3 is 16.0 Å². The maximum atomic E-state index is 11.2. The molecule has 0 atom stereocenters. The molecule has 0 unspecified atom stereocenters. The van der Waals surface area contributed by atoms with Gasteiger partial charge >= 0.3 is 0 Å². The summed E-state index contributed by atoms with van der Waals surface area (Å²) in [7, 11) is 0. The van der Waals surface area contributed by atoms with Crippen LogP contribution in [0.3, 0.4) is 0 Å². The molecule has 2 heterocycles. The van der Waals surface area contributed by atoms with Gasteiger partial charge in [0.15, 0.2) is 5.82 Å². The van der Waals surface area contributed by atoms with Crippen LogP contribution in [-0.2, 0) is 11.3 Å². The summed E-state index contributed by atoms with van der Waals surface area (Å²) in [6.45, 7) is 2.05. The first-order valence-electron chi connectivity index (χ1n) is 4.83. The zero-order chi connectivity index (χ0) is 10.7. The van der Waals surface area contributed by atoms with E-state index in [-0.39, 0.29) is 5.91 Å². The smallest absolute Gasteiger partial charge is 0.239 e. The third kappa shape index (κ3) is 2.04. The molecule has 1 fully saturated rings. The number of aromatic nitrogens is 2. The molecule has 1 aliphatic heterocycles. The number of rotatable bonds is 2. The van der Waals surface area contributed by atoms with E-state index < -0.39 is 0 Å². The van der Waals surface area contributed by atoms with E-state index in [0.717, 1.165) is 18.1 Å². The molecule has 1 aliphatic rings. The van der Waals surface area contributed by atoms with E-state index in [4.69, 9.17) is 5.73 Å². The van der Waals surface area contributed by atoms with E-state index in [0.29, 0.717) is 19.6 Å². The Hall–Kier alpha value is -1.69. The summed E-state index contributed by atoms with van der Waals surface area (Å²) >= 11 is 0. The summed E-state index contributed by atoms with van der Waals surface area (Å²) < 4.78 is 0. The zero-order valence-electron chi connectivity index (χ0n) is 8.31. The molecule has 0 aliphatic carbocycles. The number of amides is 1. The van der Waals surface area contributed by atoms with Gasteiger partial charge in [0.25, 0.3) is 0 Å². The van der Waals surface area contributed by atoms with Gasteiger partial charge in [-0.1, -0.05) is 0 Å². The van der Waals surface area contributed by atoms with Crippen molar-refractivity contribution in [3.8, 4) is 0 Å². The summed E-state index contributed by atoms with van der Waals surface area (Å²) in [5.74, 6) is 0.727. The minimum absolute atomic E-state index is 0.00914. The quantitative estimate of drug-likeness (QED) is 0.641. The molecular formula is C9H13N5O. The molecule has 1 aromatic rings. The number of carbonyl (C=O) groups is 1. The second-order valence-electron chi connectivity index (χ2n) is 3.30. The lowest BCUT2D eigenvalue weighted by molar-refractivity contribution is -0.120. The maximum absolute atomic E-state index is 11.2. The van der Waals surface area contributed by atoms with Crippen molar-refractivity contribution in [2.75, 3.05) is 24.5 Å². The van der Waals surface area contributed by atoms with Crippen molar-refractivity contribution in [2.24, 2.45) is 5.73 Å². The van der Waals surface area contributed by atoms with Crippen LogP contribution in [0.1, 0.15) is 5.69 Å². The van der Waals surface area contributed by atoms with Crippen molar-refractivity contribution < 1.29 is 4.79 Å². The molecule has 0 spiro atoms. The SMILES string of the molecule is NCc1nccnc1N1CCNC(=O)C1. The van der Waals surface area contributed by atoms with Crippen molar-refractivity contribution in [1.29, 1.82) is 0 Å². The van der Waals surface area contributed by atoms with Gasteiger partial charge in [-0.3, -0.25) is 9.78 Å². The van der Waals surface area contributed by atoms with Crippen LogP contribution in [0, 0.1) is 0 Å². The van der Waals surface area contributed by atoms with Gasteiger partial charge in [0.05, 0.1) is 12.2 Å². The fourth-order valence-electron chi connectivity index (χ4n) is 1.59. The molecule has 1 saturated heterocycles. The molecule has 1 amide bonds. The van der Waals surface area contributed by atoms with Gasteiger partial charge in [-0.25, -0.2) is 4.98 Å². The summed E-state index contributed by atoms with van der Waals surface area (Å²) in [5, 5.41) is 2.76. The minimum Gasteiger partial charge on any atom is -0.353 e. The second-order valence-corrected chi connectivity index (χ2v) is 3.30. The normalized spacial score (nSPS) is 16.3. The fourth-order valence-corrected chi connectivity index (χ4v) is 1.59. The fraction of sp³-hybridized carbons (Fsp3) is 0.444. The maximum Gasteiger partial charge on any atom is 0.239 e. The predicted molar refractivity (Wildman–Crippen MR) is 55.1 cm³/mol. The van der Waals surface area contributed by atoms with Gasteiger partial charge in [0.2, 0.25) is 5.91 Å². The van der Waals surface area contributed by atoms with Gasteiger partial charge in [0.1, 0.15) is 0 Å². The molecule has 0 radical (unpaired) electrons.